The minimum absolute atomic E-state index is 0. The Morgan fingerprint density at radius 1 is 1.27 bits per heavy atom. The van der Waals surface area contributed by atoms with Gasteiger partial charge in [-0.15, -0.1) is 34.2 Å². The molecule has 1 unspecified atom stereocenters. The average molecular weight is 467 g/mol. The van der Waals surface area contributed by atoms with Gasteiger partial charge in [-0.1, -0.05) is 18.2 Å². The molecule has 1 atom stereocenters. The monoisotopic (exact) mass is 467 g/mol. The van der Waals surface area contributed by atoms with Gasteiger partial charge in [-0.25, -0.2) is 0 Å². The van der Waals surface area contributed by atoms with Crippen molar-refractivity contribution < 1.29 is 0 Å². The number of hydrogen-bond acceptors (Lipinski definition) is 4. The molecule has 1 fully saturated rings. The fourth-order valence-electron chi connectivity index (χ4n) is 3.70. The molecule has 4 heterocycles. The standard InChI is InChI=1S/C18H25N7.HI/c1-19-18(24-13-8-15(14-24)23-10-4-5-11-23)20-9-7-17-22-21-16-6-2-3-12-25(16)17;/h2-6,12,15H,7-11,13-14H2,1H3,(H,19,20);1H. The molecule has 2 aromatic rings. The highest BCUT2D eigenvalue weighted by Crippen LogP contribution is 2.17. The molecule has 4 rings (SSSR count). The summed E-state index contributed by atoms with van der Waals surface area (Å²) >= 11 is 0. The molecule has 0 spiro atoms. The largest absolute Gasteiger partial charge is 0.356 e. The van der Waals surface area contributed by atoms with Crippen molar-refractivity contribution in [3.63, 3.8) is 0 Å². The second-order valence-electron chi connectivity index (χ2n) is 6.58. The molecular weight excluding hydrogens is 441 g/mol. The van der Waals surface area contributed by atoms with Crippen LogP contribution in [-0.4, -0.2) is 76.2 Å². The first-order valence-corrected chi connectivity index (χ1v) is 8.98. The fourth-order valence-corrected chi connectivity index (χ4v) is 3.70. The van der Waals surface area contributed by atoms with Gasteiger partial charge in [0.25, 0.3) is 0 Å². The molecule has 2 aromatic heterocycles. The van der Waals surface area contributed by atoms with Crippen LogP contribution >= 0.6 is 24.0 Å². The van der Waals surface area contributed by atoms with Crippen molar-refractivity contribution in [2.75, 3.05) is 39.8 Å². The van der Waals surface area contributed by atoms with E-state index in [1.807, 2.05) is 35.8 Å². The predicted molar refractivity (Wildman–Crippen MR) is 114 cm³/mol. The number of aliphatic imine (C=N–C) groups is 1. The molecular formula is C18H26IN7. The Bertz CT molecular complexity index is 777. The molecule has 0 aliphatic carbocycles. The van der Waals surface area contributed by atoms with Crippen LogP contribution in [0.5, 0.6) is 0 Å². The molecule has 8 heteroatoms. The Morgan fingerprint density at radius 3 is 2.92 bits per heavy atom. The second kappa shape index (κ2) is 8.81. The Labute approximate surface area is 171 Å². The van der Waals surface area contributed by atoms with Crippen molar-refractivity contribution in [3.8, 4) is 0 Å². The van der Waals surface area contributed by atoms with E-state index >= 15 is 0 Å². The van der Waals surface area contributed by atoms with Gasteiger partial charge in [0.05, 0.1) is 0 Å². The second-order valence-corrected chi connectivity index (χ2v) is 6.58. The van der Waals surface area contributed by atoms with Gasteiger partial charge in [-0.3, -0.25) is 14.3 Å². The Balaban J connectivity index is 0.00000196. The van der Waals surface area contributed by atoms with Crippen LogP contribution in [0.15, 0.2) is 41.5 Å². The van der Waals surface area contributed by atoms with Gasteiger partial charge in [0.2, 0.25) is 0 Å². The molecule has 1 N–H and O–H groups in total. The number of halogens is 1. The van der Waals surface area contributed by atoms with Crippen LogP contribution in [-0.2, 0) is 6.42 Å². The van der Waals surface area contributed by atoms with E-state index in [2.05, 4.69) is 42.5 Å². The fraction of sp³-hybridized carbons (Fsp3) is 0.500. The van der Waals surface area contributed by atoms with E-state index in [0.29, 0.717) is 6.04 Å². The number of nitrogens with one attached hydrogen (secondary N) is 1. The zero-order valence-electron chi connectivity index (χ0n) is 15.1. The lowest BCUT2D eigenvalue weighted by Crippen LogP contribution is -2.43. The first-order chi connectivity index (χ1) is 12.3. The number of guanidine groups is 1. The van der Waals surface area contributed by atoms with Crippen LogP contribution in [0.25, 0.3) is 5.65 Å². The van der Waals surface area contributed by atoms with E-state index in [4.69, 9.17) is 0 Å². The van der Waals surface area contributed by atoms with Crippen molar-refractivity contribution in [1.82, 2.24) is 29.7 Å². The number of nitrogens with zero attached hydrogens (tertiary/aromatic N) is 6. The molecule has 1 saturated heterocycles. The first kappa shape index (κ1) is 19.1. The number of pyridine rings is 1. The van der Waals surface area contributed by atoms with E-state index in [9.17, 15) is 0 Å². The van der Waals surface area contributed by atoms with E-state index in [0.717, 1.165) is 56.6 Å². The van der Waals surface area contributed by atoms with Gasteiger partial charge < -0.3 is 10.2 Å². The summed E-state index contributed by atoms with van der Waals surface area (Å²) in [5, 5.41) is 12.0. The van der Waals surface area contributed by atoms with E-state index in [1.165, 1.54) is 6.42 Å². The van der Waals surface area contributed by atoms with Gasteiger partial charge in [-0.2, -0.15) is 0 Å². The molecule has 0 amide bonds. The van der Waals surface area contributed by atoms with E-state index in [1.54, 1.807) is 0 Å². The highest BCUT2D eigenvalue weighted by molar-refractivity contribution is 14.0. The maximum Gasteiger partial charge on any atom is 0.193 e. The third-order valence-corrected chi connectivity index (χ3v) is 5.05. The average Bonchev–Trinajstić information content (AvgIpc) is 3.38. The number of hydrogen-bond donors (Lipinski definition) is 1. The van der Waals surface area contributed by atoms with Crippen LogP contribution < -0.4 is 5.32 Å². The zero-order chi connectivity index (χ0) is 17.1. The normalized spacial score (nSPS) is 20.7. The maximum absolute atomic E-state index is 4.47. The van der Waals surface area contributed by atoms with Crippen molar-refractivity contribution in [2.45, 2.75) is 18.9 Å². The first-order valence-electron chi connectivity index (χ1n) is 8.98. The van der Waals surface area contributed by atoms with Gasteiger partial charge >= 0.3 is 0 Å². The Hall–Kier alpha value is -1.68. The van der Waals surface area contributed by atoms with Gasteiger partial charge in [-0.05, 0) is 18.6 Å². The van der Waals surface area contributed by atoms with E-state index < -0.39 is 0 Å². The molecule has 2 aliphatic rings. The van der Waals surface area contributed by atoms with E-state index in [-0.39, 0.29) is 24.0 Å². The summed E-state index contributed by atoms with van der Waals surface area (Å²) in [6.45, 7) is 5.09. The minimum atomic E-state index is 0. The molecule has 0 saturated carbocycles. The number of aromatic nitrogens is 3. The van der Waals surface area contributed by atoms with Crippen molar-refractivity contribution >= 4 is 35.6 Å². The lowest BCUT2D eigenvalue weighted by molar-refractivity contribution is 0.259. The van der Waals surface area contributed by atoms with Crippen molar-refractivity contribution in [2.24, 2.45) is 4.99 Å². The molecule has 26 heavy (non-hydrogen) atoms. The molecule has 0 bridgehead atoms. The summed E-state index contributed by atoms with van der Waals surface area (Å²) in [4.78, 5) is 9.37. The highest BCUT2D eigenvalue weighted by atomic mass is 127. The lowest BCUT2D eigenvalue weighted by atomic mass is 10.2. The van der Waals surface area contributed by atoms with Crippen LogP contribution in [0.3, 0.4) is 0 Å². The molecule has 140 valence electrons. The number of rotatable bonds is 4. The van der Waals surface area contributed by atoms with Crippen molar-refractivity contribution in [1.29, 1.82) is 0 Å². The highest BCUT2D eigenvalue weighted by Gasteiger charge is 2.29. The molecule has 7 nitrogen and oxygen atoms in total. The van der Waals surface area contributed by atoms with Crippen LogP contribution in [0.4, 0.5) is 0 Å². The summed E-state index contributed by atoms with van der Waals surface area (Å²) in [6.07, 6.45) is 8.56. The minimum Gasteiger partial charge on any atom is -0.356 e. The van der Waals surface area contributed by atoms with Crippen LogP contribution in [0.2, 0.25) is 0 Å². The Morgan fingerprint density at radius 2 is 2.12 bits per heavy atom. The molecule has 0 aromatic carbocycles. The van der Waals surface area contributed by atoms with Crippen LogP contribution in [0.1, 0.15) is 12.2 Å². The smallest absolute Gasteiger partial charge is 0.193 e. The quantitative estimate of drug-likeness (QED) is 0.319. The SMILES string of the molecule is CN=C(NCCc1nnc2ccccn12)N1CCC(N2CC=CC2)C1.I. The summed E-state index contributed by atoms with van der Waals surface area (Å²) in [6, 6.07) is 6.59. The molecule has 2 aliphatic heterocycles. The third-order valence-electron chi connectivity index (χ3n) is 5.05. The van der Waals surface area contributed by atoms with Crippen LogP contribution in [0, 0.1) is 0 Å². The number of likely N-dealkylation sites (tertiary alicyclic amines) is 1. The summed E-state index contributed by atoms with van der Waals surface area (Å²) in [5.74, 6) is 1.96. The number of fused-ring (bicyclic) bond motifs is 1. The van der Waals surface area contributed by atoms with Gasteiger partial charge in [0.1, 0.15) is 5.82 Å². The van der Waals surface area contributed by atoms with Gasteiger partial charge in [0.15, 0.2) is 11.6 Å². The van der Waals surface area contributed by atoms with Gasteiger partial charge in [0, 0.05) is 58.4 Å². The summed E-state index contributed by atoms with van der Waals surface area (Å²) in [5.41, 5.74) is 0.892. The zero-order valence-corrected chi connectivity index (χ0v) is 17.4. The van der Waals surface area contributed by atoms with Crippen molar-refractivity contribution in [3.05, 3.63) is 42.4 Å². The third kappa shape index (κ3) is 4.01. The summed E-state index contributed by atoms with van der Waals surface area (Å²) < 4.78 is 2.04. The summed E-state index contributed by atoms with van der Waals surface area (Å²) in [7, 11) is 1.86. The molecule has 0 radical (unpaired) electrons. The Kier molecular flexibility index (Phi) is 6.47. The topological polar surface area (TPSA) is 61.1 Å². The lowest BCUT2D eigenvalue weighted by Gasteiger charge is -2.25. The predicted octanol–water partition coefficient (Wildman–Crippen LogP) is 1.41. The maximum atomic E-state index is 4.47.